The van der Waals surface area contributed by atoms with Gasteiger partial charge in [0.15, 0.2) is 0 Å². The zero-order valence-electron chi connectivity index (χ0n) is 15.1. The van der Waals surface area contributed by atoms with Crippen LogP contribution in [0.1, 0.15) is 22.8 Å². The molecule has 28 heavy (non-hydrogen) atoms. The van der Waals surface area contributed by atoms with E-state index in [1.54, 1.807) is 31.4 Å². The molecule has 0 saturated carbocycles. The third-order valence-corrected chi connectivity index (χ3v) is 5.40. The van der Waals surface area contributed by atoms with Crippen LogP contribution in [-0.2, 0) is 15.8 Å². The minimum absolute atomic E-state index is 0.283. The zero-order valence-corrected chi connectivity index (χ0v) is 15.9. The lowest BCUT2D eigenvalue weighted by atomic mass is 9.88. The molecule has 0 aliphatic carbocycles. The minimum Gasteiger partial charge on any atom is -0.496 e. The van der Waals surface area contributed by atoms with Gasteiger partial charge in [0, 0.05) is 5.56 Å². The fourth-order valence-corrected chi connectivity index (χ4v) is 4.14. The first-order valence-electron chi connectivity index (χ1n) is 8.58. The highest BCUT2D eigenvalue weighted by Gasteiger charge is 2.30. The van der Waals surface area contributed by atoms with Gasteiger partial charge in [-0.2, -0.15) is 0 Å². The summed E-state index contributed by atoms with van der Waals surface area (Å²) in [6, 6.07) is 16.9. The van der Waals surface area contributed by atoms with E-state index in [4.69, 9.17) is 14.6 Å². The standard InChI is InChI=1S/C21H18FNO4S/c1-26-18-3-2-4-19-20(18)16-10-5-13(12-28(23,24)25)11-17(16)21(27-19)14-6-8-15(22)9-7-14/h2-11,21H,12H2,1H3,(H2,23,24,25). The molecule has 1 unspecified atom stereocenters. The molecule has 1 atom stereocenters. The van der Waals surface area contributed by atoms with Gasteiger partial charge in [-0.1, -0.05) is 36.4 Å². The molecule has 4 rings (SSSR count). The summed E-state index contributed by atoms with van der Waals surface area (Å²) in [5.41, 5.74) is 3.73. The molecule has 7 heteroatoms. The molecule has 0 spiro atoms. The summed E-state index contributed by atoms with van der Waals surface area (Å²) in [6.45, 7) is 0. The Morgan fingerprint density at radius 3 is 2.54 bits per heavy atom. The van der Waals surface area contributed by atoms with Crippen molar-refractivity contribution in [2.45, 2.75) is 11.9 Å². The number of ether oxygens (including phenoxy) is 2. The Morgan fingerprint density at radius 2 is 1.86 bits per heavy atom. The summed E-state index contributed by atoms with van der Waals surface area (Å²) in [5, 5.41) is 5.21. The lowest BCUT2D eigenvalue weighted by Crippen LogP contribution is -2.18. The third kappa shape index (κ3) is 3.46. The van der Waals surface area contributed by atoms with E-state index in [-0.39, 0.29) is 11.6 Å². The SMILES string of the molecule is COc1cccc2c1-c1ccc(CS(N)(=O)=O)cc1C(c1ccc(F)cc1)O2. The van der Waals surface area contributed by atoms with Crippen LogP contribution in [0.5, 0.6) is 11.5 Å². The largest absolute Gasteiger partial charge is 0.496 e. The van der Waals surface area contributed by atoms with E-state index in [9.17, 15) is 12.8 Å². The first kappa shape index (κ1) is 18.5. The molecule has 1 heterocycles. The fraction of sp³-hybridized carbons (Fsp3) is 0.143. The monoisotopic (exact) mass is 399 g/mol. The average molecular weight is 399 g/mol. The second-order valence-corrected chi connectivity index (χ2v) is 8.23. The van der Waals surface area contributed by atoms with Gasteiger partial charge in [-0.3, -0.25) is 0 Å². The molecule has 0 bridgehead atoms. The van der Waals surface area contributed by atoms with Crippen molar-refractivity contribution in [3.8, 4) is 22.6 Å². The Hall–Kier alpha value is -2.90. The van der Waals surface area contributed by atoms with Gasteiger partial charge in [-0.15, -0.1) is 0 Å². The number of hydrogen-bond donors (Lipinski definition) is 1. The van der Waals surface area contributed by atoms with Gasteiger partial charge in [0.2, 0.25) is 10.0 Å². The van der Waals surface area contributed by atoms with Crippen LogP contribution in [-0.4, -0.2) is 15.5 Å². The smallest absolute Gasteiger partial charge is 0.213 e. The van der Waals surface area contributed by atoms with E-state index in [1.165, 1.54) is 12.1 Å². The molecular weight excluding hydrogens is 381 g/mol. The lowest BCUT2D eigenvalue weighted by molar-refractivity contribution is 0.242. The number of methoxy groups -OCH3 is 1. The predicted molar refractivity (Wildman–Crippen MR) is 104 cm³/mol. The van der Waals surface area contributed by atoms with Crippen LogP contribution in [0.3, 0.4) is 0 Å². The number of sulfonamides is 1. The highest BCUT2D eigenvalue weighted by atomic mass is 32.2. The molecule has 0 radical (unpaired) electrons. The number of hydrogen-bond acceptors (Lipinski definition) is 4. The summed E-state index contributed by atoms with van der Waals surface area (Å²) in [6.07, 6.45) is -0.518. The van der Waals surface area contributed by atoms with Gasteiger partial charge in [-0.25, -0.2) is 17.9 Å². The van der Waals surface area contributed by atoms with Gasteiger partial charge in [-0.05, 0) is 41.0 Å². The number of primary sulfonamides is 1. The van der Waals surface area contributed by atoms with E-state index in [0.717, 1.165) is 22.3 Å². The quantitative estimate of drug-likeness (QED) is 0.724. The van der Waals surface area contributed by atoms with Gasteiger partial charge in [0.1, 0.15) is 23.4 Å². The molecule has 0 saturated heterocycles. The van der Waals surface area contributed by atoms with E-state index in [2.05, 4.69) is 0 Å². The lowest BCUT2D eigenvalue weighted by Gasteiger charge is -2.30. The normalized spacial score (nSPS) is 15.3. The first-order chi connectivity index (χ1) is 13.4. The maximum absolute atomic E-state index is 13.4. The van der Waals surface area contributed by atoms with Crippen LogP contribution in [0.15, 0.2) is 60.7 Å². The summed E-state index contributed by atoms with van der Waals surface area (Å²) in [4.78, 5) is 0. The fourth-order valence-electron chi connectivity index (χ4n) is 3.50. The molecule has 1 aliphatic rings. The molecule has 3 aromatic carbocycles. The van der Waals surface area contributed by atoms with E-state index in [1.807, 2.05) is 24.3 Å². The highest BCUT2D eigenvalue weighted by molar-refractivity contribution is 7.88. The van der Waals surface area contributed by atoms with Crippen LogP contribution in [0, 0.1) is 5.82 Å². The number of benzene rings is 3. The number of halogens is 1. The topological polar surface area (TPSA) is 78.6 Å². The molecule has 0 aromatic heterocycles. The molecule has 1 aliphatic heterocycles. The highest BCUT2D eigenvalue weighted by Crippen LogP contribution is 2.49. The maximum atomic E-state index is 13.4. The minimum atomic E-state index is -3.68. The van der Waals surface area contributed by atoms with Gasteiger partial charge in [0.25, 0.3) is 0 Å². The Kier molecular flexibility index (Phi) is 4.56. The molecule has 3 aromatic rings. The van der Waals surface area contributed by atoms with E-state index in [0.29, 0.717) is 17.1 Å². The van der Waals surface area contributed by atoms with Gasteiger partial charge >= 0.3 is 0 Å². The molecular formula is C21H18FNO4S. The molecule has 2 N–H and O–H groups in total. The van der Waals surface area contributed by atoms with Gasteiger partial charge in [0.05, 0.1) is 18.4 Å². The third-order valence-electron chi connectivity index (χ3n) is 4.66. The number of fused-ring (bicyclic) bond motifs is 3. The van der Waals surface area contributed by atoms with Crippen molar-refractivity contribution < 1.29 is 22.3 Å². The van der Waals surface area contributed by atoms with Crippen LogP contribution in [0.2, 0.25) is 0 Å². The van der Waals surface area contributed by atoms with Crippen molar-refractivity contribution in [1.82, 2.24) is 0 Å². The molecule has 0 fully saturated rings. The van der Waals surface area contributed by atoms with Crippen molar-refractivity contribution >= 4 is 10.0 Å². The van der Waals surface area contributed by atoms with Crippen LogP contribution >= 0.6 is 0 Å². The van der Waals surface area contributed by atoms with Gasteiger partial charge < -0.3 is 9.47 Å². The van der Waals surface area contributed by atoms with Crippen molar-refractivity contribution in [2.24, 2.45) is 5.14 Å². The van der Waals surface area contributed by atoms with Crippen molar-refractivity contribution in [3.63, 3.8) is 0 Å². The Labute approximate surface area is 162 Å². The zero-order chi connectivity index (χ0) is 19.9. The summed E-state index contributed by atoms with van der Waals surface area (Å²) in [5.74, 6) is 0.663. The number of rotatable bonds is 4. The van der Waals surface area contributed by atoms with E-state index >= 15 is 0 Å². The van der Waals surface area contributed by atoms with Crippen LogP contribution < -0.4 is 14.6 Å². The molecule has 144 valence electrons. The van der Waals surface area contributed by atoms with E-state index < -0.39 is 16.1 Å². The first-order valence-corrected chi connectivity index (χ1v) is 10.3. The molecule has 0 amide bonds. The maximum Gasteiger partial charge on any atom is 0.213 e. The van der Waals surface area contributed by atoms with Crippen LogP contribution in [0.25, 0.3) is 11.1 Å². The van der Waals surface area contributed by atoms with Crippen molar-refractivity contribution in [1.29, 1.82) is 0 Å². The average Bonchev–Trinajstić information content (AvgIpc) is 2.66. The summed E-state index contributed by atoms with van der Waals surface area (Å²) < 4.78 is 48.2. The summed E-state index contributed by atoms with van der Waals surface area (Å²) >= 11 is 0. The second-order valence-electron chi connectivity index (χ2n) is 6.61. The second kappa shape index (κ2) is 6.92. The van der Waals surface area contributed by atoms with Crippen molar-refractivity contribution in [3.05, 3.63) is 83.2 Å². The molecule has 5 nitrogen and oxygen atoms in total. The number of nitrogens with two attached hydrogens (primary N) is 1. The predicted octanol–water partition coefficient (Wildman–Crippen LogP) is 3.77. The van der Waals surface area contributed by atoms with Crippen molar-refractivity contribution in [2.75, 3.05) is 7.11 Å². The Balaban J connectivity index is 1.92. The Bertz CT molecular complexity index is 1140. The Morgan fingerprint density at radius 1 is 1.11 bits per heavy atom. The summed E-state index contributed by atoms with van der Waals surface area (Å²) in [7, 11) is -2.10. The van der Waals surface area contributed by atoms with Crippen LogP contribution in [0.4, 0.5) is 4.39 Å².